The molecule has 2 aromatic rings. The summed E-state index contributed by atoms with van der Waals surface area (Å²) < 4.78 is 0. The van der Waals surface area contributed by atoms with E-state index in [1.165, 1.54) is 10.5 Å². The third-order valence-corrected chi connectivity index (χ3v) is 5.60. The van der Waals surface area contributed by atoms with Gasteiger partial charge in [-0.3, -0.25) is 9.59 Å². The molecule has 24 heavy (non-hydrogen) atoms. The number of hydrogen-bond donors (Lipinski definition) is 1. The molecule has 2 aliphatic rings. The van der Waals surface area contributed by atoms with E-state index in [0.717, 1.165) is 17.7 Å². The van der Waals surface area contributed by atoms with Crippen molar-refractivity contribution in [1.82, 2.24) is 4.90 Å². The quantitative estimate of drug-likeness (QED) is 0.911. The number of nitrogens with one attached hydrogen (secondary N) is 1. The average Bonchev–Trinajstić information content (AvgIpc) is 3.15. The van der Waals surface area contributed by atoms with Gasteiger partial charge in [0.05, 0.1) is 5.92 Å². The van der Waals surface area contributed by atoms with Gasteiger partial charge < -0.3 is 10.2 Å². The summed E-state index contributed by atoms with van der Waals surface area (Å²) in [5.74, 6) is -0.399. The number of anilines is 1. The van der Waals surface area contributed by atoms with Gasteiger partial charge in [0, 0.05) is 30.1 Å². The minimum atomic E-state index is -0.369. The lowest BCUT2D eigenvalue weighted by Gasteiger charge is -2.32. The van der Waals surface area contributed by atoms with Crippen LogP contribution in [0.25, 0.3) is 5.57 Å². The monoisotopic (exact) mass is 338 g/mol. The number of rotatable bonds is 2. The predicted octanol–water partition coefficient (Wildman–Crippen LogP) is 3.49. The van der Waals surface area contributed by atoms with Gasteiger partial charge in [-0.2, -0.15) is 0 Å². The van der Waals surface area contributed by atoms with Crippen LogP contribution in [0.4, 0.5) is 5.69 Å². The fourth-order valence-electron chi connectivity index (χ4n) is 3.41. The van der Waals surface area contributed by atoms with Crippen molar-refractivity contribution in [2.75, 3.05) is 18.4 Å². The van der Waals surface area contributed by atoms with E-state index in [-0.39, 0.29) is 24.2 Å². The zero-order valence-electron chi connectivity index (χ0n) is 13.2. The summed E-state index contributed by atoms with van der Waals surface area (Å²) in [6, 6.07) is 11.8. The maximum Gasteiger partial charge on any atom is 0.231 e. The first-order valence-corrected chi connectivity index (χ1v) is 9.01. The molecule has 4 rings (SSSR count). The van der Waals surface area contributed by atoms with Gasteiger partial charge in [-0.25, -0.2) is 0 Å². The van der Waals surface area contributed by atoms with Gasteiger partial charge >= 0.3 is 0 Å². The van der Waals surface area contributed by atoms with Gasteiger partial charge in [0.2, 0.25) is 11.8 Å². The van der Waals surface area contributed by atoms with Crippen LogP contribution >= 0.6 is 11.3 Å². The Morgan fingerprint density at radius 2 is 2.08 bits per heavy atom. The Balaban J connectivity index is 1.54. The van der Waals surface area contributed by atoms with Crippen LogP contribution < -0.4 is 5.32 Å². The summed E-state index contributed by atoms with van der Waals surface area (Å²) >= 11 is 1.73. The van der Waals surface area contributed by atoms with Crippen LogP contribution in [-0.2, 0) is 9.59 Å². The lowest BCUT2D eigenvalue weighted by atomic mass is 9.89. The molecule has 0 aliphatic carbocycles. The van der Waals surface area contributed by atoms with Crippen LogP contribution in [0.15, 0.2) is 47.9 Å². The molecule has 1 aromatic heterocycles. The van der Waals surface area contributed by atoms with E-state index in [1.807, 2.05) is 29.2 Å². The normalized spacial score (nSPS) is 20.2. The number of amides is 2. The number of nitrogens with zero attached hydrogens (tertiary/aromatic N) is 1. The lowest BCUT2D eigenvalue weighted by molar-refractivity contribution is -0.134. The standard InChI is InChI=1S/C19H18N2O2S/c22-18-12-15(14-4-1-2-5-16(14)20-18)19(23)21-9-7-13(8-10-21)17-6-3-11-24-17/h1-7,11,15H,8-10,12H2,(H,20,22)/t15-/m1/s1. The van der Waals surface area contributed by atoms with Gasteiger partial charge in [0.15, 0.2) is 0 Å². The van der Waals surface area contributed by atoms with E-state index in [0.29, 0.717) is 13.1 Å². The Morgan fingerprint density at radius 3 is 2.83 bits per heavy atom. The number of thiophene rings is 1. The molecular formula is C19H18N2O2S. The molecule has 0 unspecified atom stereocenters. The van der Waals surface area contributed by atoms with Crippen LogP contribution in [0.5, 0.6) is 0 Å². The third-order valence-electron chi connectivity index (χ3n) is 4.66. The fourth-order valence-corrected chi connectivity index (χ4v) is 4.20. The van der Waals surface area contributed by atoms with E-state index in [1.54, 1.807) is 11.3 Å². The molecule has 0 saturated carbocycles. The van der Waals surface area contributed by atoms with E-state index in [4.69, 9.17) is 0 Å². The first kappa shape index (κ1) is 15.1. The topological polar surface area (TPSA) is 49.4 Å². The molecule has 0 radical (unpaired) electrons. The van der Waals surface area contributed by atoms with Crippen molar-refractivity contribution < 1.29 is 9.59 Å². The highest BCUT2D eigenvalue weighted by Crippen LogP contribution is 2.34. The zero-order chi connectivity index (χ0) is 16.5. The highest BCUT2D eigenvalue weighted by atomic mass is 32.1. The fraction of sp³-hybridized carbons (Fsp3) is 0.263. The summed E-state index contributed by atoms with van der Waals surface area (Å²) in [5.41, 5.74) is 3.00. The molecule has 122 valence electrons. The minimum absolute atomic E-state index is 0.0544. The molecular weight excluding hydrogens is 320 g/mol. The van der Waals surface area contributed by atoms with Crippen LogP contribution in [0, 0.1) is 0 Å². The summed E-state index contributed by atoms with van der Waals surface area (Å²) in [6.45, 7) is 1.33. The Morgan fingerprint density at radius 1 is 1.21 bits per heavy atom. The summed E-state index contributed by atoms with van der Waals surface area (Å²) in [4.78, 5) is 28.1. The number of para-hydroxylation sites is 1. The van der Waals surface area contributed by atoms with E-state index in [2.05, 4.69) is 28.9 Å². The Kier molecular flexibility index (Phi) is 3.94. The van der Waals surface area contributed by atoms with Crippen molar-refractivity contribution >= 4 is 34.4 Å². The minimum Gasteiger partial charge on any atom is -0.338 e. The Labute approximate surface area is 144 Å². The summed E-state index contributed by atoms with van der Waals surface area (Å²) in [5, 5.41) is 4.93. The van der Waals surface area contributed by atoms with Gasteiger partial charge in [0.25, 0.3) is 0 Å². The van der Waals surface area contributed by atoms with Gasteiger partial charge in [-0.05, 0) is 35.1 Å². The molecule has 0 spiro atoms. The van der Waals surface area contributed by atoms with Crippen molar-refractivity contribution in [3.05, 3.63) is 58.3 Å². The van der Waals surface area contributed by atoms with E-state index >= 15 is 0 Å². The SMILES string of the molecule is O=C1C[C@@H](C(=O)N2CC=C(c3cccs3)CC2)c2ccccc2N1. The van der Waals surface area contributed by atoms with Crippen molar-refractivity contribution in [2.24, 2.45) is 0 Å². The van der Waals surface area contributed by atoms with Crippen LogP contribution in [0.1, 0.15) is 29.2 Å². The summed E-state index contributed by atoms with van der Waals surface area (Å²) in [7, 11) is 0. The molecule has 1 N–H and O–H groups in total. The van der Waals surface area contributed by atoms with Gasteiger partial charge in [-0.15, -0.1) is 11.3 Å². The van der Waals surface area contributed by atoms with Crippen molar-refractivity contribution in [3.8, 4) is 0 Å². The Hall–Kier alpha value is -2.40. The molecule has 0 fully saturated rings. The van der Waals surface area contributed by atoms with E-state index < -0.39 is 0 Å². The van der Waals surface area contributed by atoms with Crippen LogP contribution in [0.2, 0.25) is 0 Å². The predicted molar refractivity (Wildman–Crippen MR) is 95.9 cm³/mol. The molecule has 3 heterocycles. The summed E-state index contributed by atoms with van der Waals surface area (Å²) in [6.07, 6.45) is 3.24. The molecule has 0 bridgehead atoms. The maximum atomic E-state index is 13.0. The van der Waals surface area contributed by atoms with Crippen molar-refractivity contribution in [1.29, 1.82) is 0 Å². The molecule has 4 nitrogen and oxygen atoms in total. The first-order chi connectivity index (χ1) is 11.7. The number of fused-ring (bicyclic) bond motifs is 1. The first-order valence-electron chi connectivity index (χ1n) is 8.13. The molecule has 5 heteroatoms. The smallest absolute Gasteiger partial charge is 0.231 e. The van der Waals surface area contributed by atoms with E-state index in [9.17, 15) is 9.59 Å². The molecule has 0 saturated heterocycles. The number of hydrogen-bond acceptors (Lipinski definition) is 3. The maximum absolute atomic E-state index is 13.0. The zero-order valence-corrected chi connectivity index (χ0v) is 14.0. The second kappa shape index (κ2) is 6.24. The molecule has 1 aromatic carbocycles. The van der Waals surface area contributed by atoms with Crippen molar-refractivity contribution in [3.63, 3.8) is 0 Å². The highest BCUT2D eigenvalue weighted by molar-refractivity contribution is 7.11. The lowest BCUT2D eigenvalue weighted by Crippen LogP contribution is -2.40. The average molecular weight is 338 g/mol. The van der Waals surface area contributed by atoms with Gasteiger partial charge in [0.1, 0.15) is 0 Å². The molecule has 2 amide bonds. The van der Waals surface area contributed by atoms with Crippen LogP contribution in [-0.4, -0.2) is 29.8 Å². The number of carbonyl (C=O) groups excluding carboxylic acids is 2. The van der Waals surface area contributed by atoms with Crippen molar-refractivity contribution in [2.45, 2.75) is 18.8 Å². The highest BCUT2D eigenvalue weighted by Gasteiger charge is 2.33. The Bertz CT molecular complexity index is 811. The second-order valence-corrected chi connectivity index (χ2v) is 7.08. The second-order valence-electron chi connectivity index (χ2n) is 6.13. The number of benzene rings is 1. The van der Waals surface area contributed by atoms with Gasteiger partial charge in [-0.1, -0.05) is 30.3 Å². The molecule has 1 atom stereocenters. The largest absolute Gasteiger partial charge is 0.338 e. The number of carbonyl (C=O) groups is 2. The molecule has 2 aliphatic heterocycles. The van der Waals surface area contributed by atoms with Crippen LogP contribution in [0.3, 0.4) is 0 Å². The third kappa shape index (κ3) is 2.76.